The second-order valence-corrected chi connectivity index (χ2v) is 5.31. The topological polar surface area (TPSA) is 64.9 Å². The average molecular weight is 252 g/mol. The maximum absolute atomic E-state index is 6.08. The Morgan fingerprint density at radius 1 is 1.24 bits per heavy atom. The summed E-state index contributed by atoms with van der Waals surface area (Å²) in [5.41, 5.74) is 6.76. The lowest BCUT2D eigenvalue weighted by atomic mass is 9.97. The van der Waals surface area contributed by atoms with Gasteiger partial charge in [-0.2, -0.15) is 0 Å². The largest absolute Gasteiger partial charge is 0.420 e. The molecule has 4 nitrogen and oxygen atoms in total. The third-order valence-electron chi connectivity index (χ3n) is 2.29. The Morgan fingerprint density at radius 3 is 2.47 bits per heavy atom. The number of halogens is 1. The average Bonchev–Trinajstić information content (AvgIpc) is 2.65. The van der Waals surface area contributed by atoms with Gasteiger partial charge in [-0.3, -0.25) is 0 Å². The van der Waals surface area contributed by atoms with Crippen LogP contribution in [0.4, 0.5) is 5.69 Å². The van der Waals surface area contributed by atoms with E-state index < -0.39 is 0 Å². The molecule has 1 aromatic heterocycles. The summed E-state index contributed by atoms with van der Waals surface area (Å²) >= 11 is 6.08. The molecule has 0 radical (unpaired) electrons. The lowest BCUT2D eigenvalue weighted by Gasteiger charge is -2.11. The zero-order chi connectivity index (χ0) is 12.6. The van der Waals surface area contributed by atoms with E-state index in [9.17, 15) is 0 Å². The normalized spacial score (nSPS) is 11.8. The lowest BCUT2D eigenvalue weighted by Crippen LogP contribution is -2.11. The van der Waals surface area contributed by atoms with Gasteiger partial charge in [0.2, 0.25) is 11.8 Å². The minimum absolute atomic E-state index is 0.175. The molecule has 0 bridgehead atoms. The van der Waals surface area contributed by atoms with Crippen molar-refractivity contribution in [3.63, 3.8) is 0 Å². The molecule has 0 saturated heterocycles. The lowest BCUT2D eigenvalue weighted by molar-refractivity contribution is 0.399. The molecule has 0 aliphatic carbocycles. The molecule has 17 heavy (non-hydrogen) atoms. The first kappa shape index (κ1) is 11.9. The molecule has 0 unspecified atom stereocenters. The highest BCUT2D eigenvalue weighted by molar-refractivity contribution is 6.33. The highest BCUT2D eigenvalue weighted by atomic mass is 35.5. The van der Waals surface area contributed by atoms with Gasteiger partial charge in [-0.15, -0.1) is 10.2 Å². The zero-order valence-electron chi connectivity index (χ0n) is 9.99. The predicted molar refractivity (Wildman–Crippen MR) is 67.9 cm³/mol. The van der Waals surface area contributed by atoms with E-state index in [2.05, 4.69) is 10.2 Å². The van der Waals surface area contributed by atoms with Crippen LogP contribution in [0.25, 0.3) is 11.5 Å². The zero-order valence-corrected chi connectivity index (χ0v) is 10.7. The van der Waals surface area contributed by atoms with E-state index in [4.69, 9.17) is 21.8 Å². The SMILES string of the molecule is CC(C)(C)c1nnc(-c2ccc(N)cc2Cl)o1. The van der Waals surface area contributed by atoms with E-state index in [1.165, 1.54) is 0 Å². The van der Waals surface area contributed by atoms with Crippen molar-refractivity contribution in [3.05, 3.63) is 29.1 Å². The summed E-state index contributed by atoms with van der Waals surface area (Å²) in [6.07, 6.45) is 0. The fourth-order valence-electron chi connectivity index (χ4n) is 1.34. The summed E-state index contributed by atoms with van der Waals surface area (Å²) in [6.45, 7) is 6.03. The van der Waals surface area contributed by atoms with E-state index in [1.807, 2.05) is 20.8 Å². The van der Waals surface area contributed by atoms with Crippen LogP contribution in [0.3, 0.4) is 0 Å². The fourth-order valence-corrected chi connectivity index (χ4v) is 1.61. The molecule has 2 aromatic rings. The van der Waals surface area contributed by atoms with Gasteiger partial charge in [-0.1, -0.05) is 32.4 Å². The van der Waals surface area contributed by atoms with Crippen LogP contribution in [0, 0.1) is 0 Å². The monoisotopic (exact) mass is 251 g/mol. The van der Waals surface area contributed by atoms with E-state index in [1.54, 1.807) is 18.2 Å². The molecule has 0 amide bonds. The van der Waals surface area contributed by atoms with Crippen LogP contribution in [0.5, 0.6) is 0 Å². The summed E-state index contributed by atoms with van der Waals surface area (Å²) in [5.74, 6) is 1.00. The third-order valence-corrected chi connectivity index (χ3v) is 2.60. The van der Waals surface area contributed by atoms with E-state index >= 15 is 0 Å². The van der Waals surface area contributed by atoms with Gasteiger partial charge in [0.25, 0.3) is 0 Å². The van der Waals surface area contributed by atoms with Crippen molar-refractivity contribution in [1.29, 1.82) is 0 Å². The maximum Gasteiger partial charge on any atom is 0.249 e. The Morgan fingerprint density at radius 2 is 1.94 bits per heavy atom. The molecule has 1 heterocycles. The number of nitrogens with two attached hydrogens (primary N) is 1. The highest BCUT2D eigenvalue weighted by Crippen LogP contribution is 2.30. The summed E-state index contributed by atoms with van der Waals surface area (Å²) in [4.78, 5) is 0. The Bertz CT molecular complexity index is 543. The van der Waals surface area contributed by atoms with Crippen molar-refractivity contribution in [2.24, 2.45) is 0 Å². The van der Waals surface area contributed by atoms with Crippen LogP contribution in [0.2, 0.25) is 5.02 Å². The molecule has 0 aliphatic rings. The van der Waals surface area contributed by atoms with Crippen LogP contribution < -0.4 is 5.73 Å². The van der Waals surface area contributed by atoms with Crippen molar-refractivity contribution in [1.82, 2.24) is 10.2 Å². The first-order valence-electron chi connectivity index (χ1n) is 5.27. The maximum atomic E-state index is 6.08. The summed E-state index contributed by atoms with van der Waals surface area (Å²) in [5, 5.41) is 8.53. The van der Waals surface area contributed by atoms with Gasteiger partial charge in [0.15, 0.2) is 0 Å². The second kappa shape index (κ2) is 4.04. The van der Waals surface area contributed by atoms with Gasteiger partial charge >= 0.3 is 0 Å². The number of nitrogens with zero attached hydrogens (tertiary/aromatic N) is 2. The standard InChI is InChI=1S/C12H14ClN3O/c1-12(2,3)11-16-15-10(17-11)8-5-4-7(14)6-9(8)13/h4-6H,14H2,1-3H3. The first-order valence-corrected chi connectivity index (χ1v) is 5.65. The minimum atomic E-state index is -0.175. The van der Waals surface area contributed by atoms with Crippen molar-refractivity contribution in [2.45, 2.75) is 26.2 Å². The molecule has 0 spiro atoms. The Labute approximate surface area is 105 Å². The fraction of sp³-hybridized carbons (Fsp3) is 0.333. The second-order valence-electron chi connectivity index (χ2n) is 4.90. The third kappa shape index (κ3) is 2.42. The number of rotatable bonds is 1. The van der Waals surface area contributed by atoms with Crippen LogP contribution in [0.15, 0.2) is 22.6 Å². The molecule has 2 rings (SSSR count). The number of aromatic nitrogens is 2. The van der Waals surface area contributed by atoms with E-state index in [0.29, 0.717) is 28.1 Å². The Kier molecular flexibility index (Phi) is 2.83. The number of benzene rings is 1. The van der Waals surface area contributed by atoms with Gasteiger partial charge in [0, 0.05) is 11.1 Å². The van der Waals surface area contributed by atoms with Gasteiger partial charge in [0.1, 0.15) is 0 Å². The molecule has 1 aromatic carbocycles. The predicted octanol–water partition coefficient (Wildman–Crippen LogP) is 3.27. The van der Waals surface area contributed by atoms with Crippen LogP contribution >= 0.6 is 11.6 Å². The molecule has 0 saturated carbocycles. The van der Waals surface area contributed by atoms with Crippen LogP contribution in [-0.4, -0.2) is 10.2 Å². The first-order chi connectivity index (χ1) is 7.88. The molecular formula is C12H14ClN3O. The molecule has 0 atom stereocenters. The van der Waals surface area contributed by atoms with Crippen molar-refractivity contribution >= 4 is 17.3 Å². The number of hydrogen-bond acceptors (Lipinski definition) is 4. The van der Waals surface area contributed by atoms with Crippen molar-refractivity contribution in [2.75, 3.05) is 5.73 Å². The summed E-state index contributed by atoms with van der Waals surface area (Å²) in [7, 11) is 0. The minimum Gasteiger partial charge on any atom is -0.420 e. The molecule has 0 fully saturated rings. The molecule has 5 heteroatoms. The van der Waals surface area contributed by atoms with Crippen molar-refractivity contribution < 1.29 is 4.42 Å². The highest BCUT2D eigenvalue weighted by Gasteiger charge is 2.22. The Balaban J connectivity index is 2.44. The van der Waals surface area contributed by atoms with Gasteiger partial charge < -0.3 is 10.2 Å². The summed E-state index contributed by atoms with van der Waals surface area (Å²) in [6, 6.07) is 5.19. The smallest absolute Gasteiger partial charge is 0.249 e. The van der Waals surface area contributed by atoms with Crippen LogP contribution in [-0.2, 0) is 5.41 Å². The molecule has 2 N–H and O–H groups in total. The van der Waals surface area contributed by atoms with E-state index in [0.717, 1.165) is 0 Å². The Hall–Kier alpha value is -1.55. The van der Waals surface area contributed by atoms with E-state index in [-0.39, 0.29) is 5.41 Å². The van der Waals surface area contributed by atoms with Gasteiger partial charge in [-0.25, -0.2) is 0 Å². The van der Waals surface area contributed by atoms with Crippen LogP contribution in [0.1, 0.15) is 26.7 Å². The van der Waals surface area contributed by atoms with Crippen molar-refractivity contribution in [3.8, 4) is 11.5 Å². The summed E-state index contributed by atoms with van der Waals surface area (Å²) < 4.78 is 5.61. The number of hydrogen-bond donors (Lipinski definition) is 1. The molecule has 90 valence electrons. The number of anilines is 1. The van der Waals surface area contributed by atoms with Gasteiger partial charge in [-0.05, 0) is 18.2 Å². The number of nitrogen functional groups attached to an aromatic ring is 1. The quantitative estimate of drug-likeness (QED) is 0.790. The molecular weight excluding hydrogens is 238 g/mol. The van der Waals surface area contributed by atoms with Gasteiger partial charge in [0.05, 0.1) is 10.6 Å². The molecule has 0 aliphatic heterocycles.